The van der Waals surface area contributed by atoms with Crippen LogP contribution in [0.5, 0.6) is 0 Å². The molecule has 0 fully saturated rings. The van der Waals surface area contributed by atoms with Crippen molar-refractivity contribution in [1.29, 1.82) is 0 Å². The molecule has 0 heterocycles. The Kier molecular flexibility index (Phi) is 7.31. The lowest BCUT2D eigenvalue weighted by Crippen LogP contribution is -2.38. The highest BCUT2D eigenvalue weighted by atomic mass is 19.1. The first kappa shape index (κ1) is 21.7. The summed E-state index contributed by atoms with van der Waals surface area (Å²) in [6, 6.07) is 20.2. The maximum Gasteiger partial charge on any atom is 0.241 e. The van der Waals surface area contributed by atoms with Crippen molar-refractivity contribution in [2.45, 2.75) is 31.8 Å². The van der Waals surface area contributed by atoms with Crippen molar-refractivity contribution in [2.75, 3.05) is 7.05 Å². The highest BCUT2D eigenvalue weighted by Gasteiger charge is 2.24. The Bertz CT molecular complexity index is 991. The molecule has 0 saturated carbocycles. The molecule has 0 aromatic heterocycles. The van der Waals surface area contributed by atoms with Gasteiger partial charge in [-0.25, -0.2) is 8.78 Å². The number of nitrogens with one attached hydrogen (secondary N) is 2. The molecular weight excluding hydrogens is 382 g/mol. The van der Waals surface area contributed by atoms with Crippen molar-refractivity contribution in [1.82, 2.24) is 10.6 Å². The first-order valence-corrected chi connectivity index (χ1v) is 10.0. The molecule has 0 radical (unpaired) electrons. The molecule has 3 aromatic carbocycles. The molecule has 0 bridgehead atoms. The molecular formula is C25H26F2N2O. The molecule has 0 aliphatic heterocycles. The summed E-state index contributed by atoms with van der Waals surface area (Å²) in [4.78, 5) is 12.6. The zero-order chi connectivity index (χ0) is 21.5. The molecule has 3 nitrogen and oxygen atoms in total. The number of hydrogen-bond acceptors (Lipinski definition) is 2. The number of likely N-dealkylation sites (N-methyl/N-ethyl adjacent to an activating group) is 1. The van der Waals surface area contributed by atoms with E-state index in [1.54, 1.807) is 44.3 Å². The van der Waals surface area contributed by atoms with Gasteiger partial charge in [0.05, 0.1) is 0 Å². The van der Waals surface area contributed by atoms with Crippen molar-refractivity contribution in [3.05, 3.63) is 107 Å². The van der Waals surface area contributed by atoms with Crippen molar-refractivity contribution in [2.24, 2.45) is 0 Å². The summed E-state index contributed by atoms with van der Waals surface area (Å²) in [5.41, 5.74) is 2.82. The van der Waals surface area contributed by atoms with Crippen LogP contribution in [0.3, 0.4) is 0 Å². The van der Waals surface area contributed by atoms with Crippen LogP contribution in [0.1, 0.15) is 40.8 Å². The molecule has 0 saturated heterocycles. The predicted octanol–water partition coefficient (Wildman–Crippen LogP) is 5.02. The number of hydrogen-bond donors (Lipinski definition) is 2. The van der Waals surface area contributed by atoms with Crippen LogP contribution in [0.15, 0.2) is 72.8 Å². The minimum Gasteiger partial charge on any atom is -0.358 e. The summed E-state index contributed by atoms with van der Waals surface area (Å²) in [7, 11) is 1.59. The summed E-state index contributed by atoms with van der Waals surface area (Å²) in [5, 5.41) is 6.12. The predicted molar refractivity (Wildman–Crippen MR) is 115 cm³/mol. The Morgan fingerprint density at radius 3 is 2.27 bits per heavy atom. The maximum absolute atomic E-state index is 14.1. The molecule has 1 amide bonds. The van der Waals surface area contributed by atoms with Crippen molar-refractivity contribution in [3.63, 3.8) is 0 Å². The zero-order valence-corrected chi connectivity index (χ0v) is 17.2. The third-order valence-electron chi connectivity index (χ3n) is 5.25. The first-order chi connectivity index (χ1) is 14.5. The summed E-state index contributed by atoms with van der Waals surface area (Å²) in [6.45, 7) is 1.71. The fourth-order valence-corrected chi connectivity index (χ4v) is 3.55. The Labute approximate surface area is 176 Å². The van der Waals surface area contributed by atoms with Crippen LogP contribution in [0.4, 0.5) is 8.78 Å². The molecule has 2 atom stereocenters. The largest absolute Gasteiger partial charge is 0.358 e. The minimum atomic E-state index is -0.591. The molecule has 3 aromatic rings. The molecule has 2 N–H and O–H groups in total. The third-order valence-corrected chi connectivity index (χ3v) is 5.25. The monoisotopic (exact) mass is 408 g/mol. The quantitative estimate of drug-likeness (QED) is 0.549. The second-order valence-corrected chi connectivity index (χ2v) is 7.32. The third kappa shape index (κ3) is 5.30. The van der Waals surface area contributed by atoms with Crippen molar-refractivity contribution in [3.8, 4) is 0 Å². The highest BCUT2D eigenvalue weighted by molar-refractivity contribution is 5.83. The molecule has 0 aliphatic rings. The van der Waals surface area contributed by atoms with E-state index < -0.39 is 6.04 Å². The second kappa shape index (κ2) is 10.1. The van der Waals surface area contributed by atoms with Gasteiger partial charge in [0.1, 0.15) is 17.7 Å². The molecule has 0 aliphatic carbocycles. The molecule has 3 rings (SSSR count). The van der Waals surface area contributed by atoms with Crippen LogP contribution in [-0.2, 0) is 11.2 Å². The van der Waals surface area contributed by atoms with Crippen molar-refractivity contribution >= 4 is 5.91 Å². The summed E-state index contributed by atoms with van der Waals surface area (Å²) >= 11 is 0. The number of rotatable bonds is 8. The second-order valence-electron chi connectivity index (χ2n) is 7.32. The van der Waals surface area contributed by atoms with E-state index >= 15 is 0 Å². The van der Waals surface area contributed by atoms with E-state index in [0.29, 0.717) is 24.0 Å². The molecule has 0 spiro atoms. The smallest absolute Gasteiger partial charge is 0.241 e. The summed E-state index contributed by atoms with van der Waals surface area (Å²) < 4.78 is 28.0. The lowest BCUT2D eigenvalue weighted by atomic mass is 9.95. The molecule has 30 heavy (non-hydrogen) atoms. The van der Waals surface area contributed by atoms with E-state index in [0.717, 1.165) is 11.1 Å². The van der Waals surface area contributed by atoms with Gasteiger partial charge < -0.3 is 5.32 Å². The van der Waals surface area contributed by atoms with Crippen LogP contribution < -0.4 is 10.6 Å². The molecule has 5 heteroatoms. The van der Waals surface area contributed by atoms with Gasteiger partial charge in [-0.15, -0.1) is 0 Å². The fourth-order valence-electron chi connectivity index (χ4n) is 3.55. The van der Waals surface area contributed by atoms with Gasteiger partial charge in [-0.05, 0) is 54.2 Å². The van der Waals surface area contributed by atoms with Crippen molar-refractivity contribution < 1.29 is 13.6 Å². The number of amides is 1. The number of benzene rings is 3. The van der Waals surface area contributed by atoms with E-state index in [2.05, 4.69) is 10.6 Å². The van der Waals surface area contributed by atoms with Gasteiger partial charge >= 0.3 is 0 Å². The van der Waals surface area contributed by atoms with E-state index in [4.69, 9.17) is 0 Å². The number of halogens is 2. The topological polar surface area (TPSA) is 41.1 Å². The first-order valence-electron chi connectivity index (χ1n) is 10.0. The van der Waals surface area contributed by atoms with E-state index in [1.165, 1.54) is 12.1 Å². The van der Waals surface area contributed by atoms with Crippen LogP contribution >= 0.6 is 0 Å². The lowest BCUT2D eigenvalue weighted by molar-refractivity contribution is -0.123. The number of aryl methyl sites for hydroxylation is 2. The Balaban J connectivity index is 1.91. The van der Waals surface area contributed by atoms with E-state index in [1.807, 2.05) is 30.3 Å². The van der Waals surface area contributed by atoms with Crippen LogP contribution in [0.2, 0.25) is 0 Å². The van der Waals surface area contributed by atoms with Crippen LogP contribution in [-0.4, -0.2) is 13.0 Å². The van der Waals surface area contributed by atoms with Gasteiger partial charge in [0, 0.05) is 13.1 Å². The van der Waals surface area contributed by atoms with Gasteiger partial charge in [-0.2, -0.15) is 0 Å². The summed E-state index contributed by atoms with van der Waals surface area (Å²) in [5.74, 6) is -0.703. The maximum atomic E-state index is 14.1. The summed E-state index contributed by atoms with van der Waals surface area (Å²) in [6.07, 6.45) is 1.03. The Hall–Kier alpha value is -3.05. The highest BCUT2D eigenvalue weighted by Crippen LogP contribution is 2.26. The van der Waals surface area contributed by atoms with Gasteiger partial charge in [0.2, 0.25) is 5.91 Å². The van der Waals surface area contributed by atoms with E-state index in [-0.39, 0.29) is 23.6 Å². The normalized spacial score (nSPS) is 12.9. The number of carbonyl (C=O) groups excluding carboxylic acids is 1. The van der Waals surface area contributed by atoms with Crippen LogP contribution in [0, 0.1) is 18.6 Å². The number of carbonyl (C=O) groups is 1. The molecule has 0 unspecified atom stereocenters. The van der Waals surface area contributed by atoms with Gasteiger partial charge in [0.25, 0.3) is 0 Å². The average Bonchev–Trinajstić information content (AvgIpc) is 2.77. The molecule has 156 valence electrons. The Morgan fingerprint density at radius 1 is 0.900 bits per heavy atom. The van der Waals surface area contributed by atoms with Gasteiger partial charge in [-0.1, -0.05) is 60.7 Å². The lowest BCUT2D eigenvalue weighted by Gasteiger charge is -2.26. The minimum absolute atomic E-state index is 0.170. The van der Waals surface area contributed by atoms with Gasteiger partial charge in [-0.3, -0.25) is 10.1 Å². The fraction of sp³-hybridized carbons (Fsp3) is 0.240. The SMILES string of the molecule is CNC(=O)[C@@H](N[C@@H](CCc1ccccc1F)c1ccc(F)c(C)c1)c1ccccc1. The standard InChI is InChI=1S/C25H26F2N2O/c1-17-16-20(12-14-21(17)26)23(15-13-18-8-6-7-11-22(18)27)29-24(25(30)28-2)19-9-4-3-5-10-19/h3-12,14,16,23-24,29H,13,15H2,1-2H3,(H,28,30)/t23-,24-/m0/s1. The van der Waals surface area contributed by atoms with Crippen LogP contribution in [0.25, 0.3) is 0 Å². The van der Waals surface area contributed by atoms with E-state index in [9.17, 15) is 13.6 Å². The Morgan fingerprint density at radius 2 is 1.60 bits per heavy atom. The van der Waals surface area contributed by atoms with Gasteiger partial charge in [0.15, 0.2) is 0 Å². The zero-order valence-electron chi connectivity index (χ0n) is 17.2. The average molecular weight is 408 g/mol.